The van der Waals surface area contributed by atoms with E-state index in [0.29, 0.717) is 19.5 Å². The van der Waals surface area contributed by atoms with Gasteiger partial charge in [0.1, 0.15) is 24.3 Å². The van der Waals surface area contributed by atoms with Gasteiger partial charge in [-0.15, -0.1) is 0 Å². The van der Waals surface area contributed by atoms with Gasteiger partial charge >= 0.3 is 0 Å². The molecule has 0 saturated carbocycles. The number of hydrogen-bond acceptors (Lipinski definition) is 4. The normalized spacial score (nSPS) is 16.9. The van der Waals surface area contributed by atoms with E-state index in [9.17, 15) is 9.90 Å². The molecule has 1 saturated heterocycles. The summed E-state index contributed by atoms with van der Waals surface area (Å²) in [6.45, 7) is 5.15. The summed E-state index contributed by atoms with van der Waals surface area (Å²) in [5, 5.41) is 10.9. The quantitative estimate of drug-likeness (QED) is 0.442. The van der Waals surface area contributed by atoms with E-state index in [2.05, 4.69) is 10.6 Å². The van der Waals surface area contributed by atoms with Crippen LogP contribution in [-0.2, 0) is 11.3 Å². The molecule has 1 amide bonds. The summed E-state index contributed by atoms with van der Waals surface area (Å²) in [5.74, 6) is 1.63. The Morgan fingerprint density at radius 2 is 1.74 bits per heavy atom. The summed E-state index contributed by atoms with van der Waals surface area (Å²) in [4.78, 5) is 19.6. The molecule has 174 valence electrons. The maximum atomic E-state index is 12.8. The summed E-state index contributed by atoms with van der Waals surface area (Å²) >= 11 is 0. The number of nitrogens with zero attached hydrogens (tertiary/aromatic N) is 3. The lowest BCUT2D eigenvalue weighted by molar-refractivity contribution is -0.117. The van der Waals surface area contributed by atoms with E-state index in [-0.39, 0.29) is 18.4 Å². The van der Waals surface area contributed by atoms with Gasteiger partial charge < -0.3 is 19.3 Å². The molecule has 34 heavy (non-hydrogen) atoms. The molecule has 1 aliphatic rings. The van der Waals surface area contributed by atoms with Crippen molar-refractivity contribution in [1.82, 2.24) is 9.55 Å². The average Bonchev–Trinajstić information content (AvgIpc) is 3.38. The van der Waals surface area contributed by atoms with Crippen LogP contribution in [0.25, 0.3) is 11.0 Å². The number of para-hydroxylation sites is 3. The highest BCUT2D eigenvalue weighted by Gasteiger charge is 2.35. The number of aliphatic hydroxyl groups is 1. The van der Waals surface area contributed by atoms with Gasteiger partial charge in [0.25, 0.3) is 0 Å². The van der Waals surface area contributed by atoms with Gasteiger partial charge in [-0.05, 0) is 61.4 Å². The number of carbonyl (C=O) groups is 1. The third kappa shape index (κ3) is 4.54. The van der Waals surface area contributed by atoms with Gasteiger partial charge in [0.2, 0.25) is 5.91 Å². The van der Waals surface area contributed by atoms with Gasteiger partial charge in [-0.3, -0.25) is 4.79 Å². The molecule has 6 nitrogen and oxygen atoms in total. The van der Waals surface area contributed by atoms with Crippen molar-refractivity contribution in [2.24, 2.45) is 0 Å². The molecule has 1 N–H and O–H groups in total. The summed E-state index contributed by atoms with van der Waals surface area (Å²) in [6.07, 6.45) is -0.326. The van der Waals surface area contributed by atoms with E-state index in [4.69, 9.17) is 9.72 Å². The van der Waals surface area contributed by atoms with Crippen molar-refractivity contribution in [3.8, 4) is 5.75 Å². The molecular formula is C28H29N3O3. The van der Waals surface area contributed by atoms with Crippen LogP contribution in [0.4, 0.5) is 5.69 Å². The van der Waals surface area contributed by atoms with Crippen LogP contribution in [0.2, 0.25) is 0 Å². The molecule has 0 aliphatic carbocycles. The number of ether oxygens (including phenoxy) is 1. The number of rotatable bonds is 7. The van der Waals surface area contributed by atoms with Crippen molar-refractivity contribution in [1.29, 1.82) is 0 Å². The number of hydrogen-bond donors (Lipinski definition) is 1. The maximum absolute atomic E-state index is 12.8. The number of imidazole rings is 1. The summed E-state index contributed by atoms with van der Waals surface area (Å²) in [7, 11) is 0. The SMILES string of the molecule is Cc1cc(C)cc(OC[C@@H](O)Cn2c([C@@H]3CC(=O)N(c4ccccc4)C3)nc3ccccc32)c1. The van der Waals surface area contributed by atoms with Crippen molar-refractivity contribution >= 4 is 22.6 Å². The minimum absolute atomic E-state index is 0.0485. The number of anilines is 1. The molecule has 1 aliphatic heterocycles. The first-order valence-electron chi connectivity index (χ1n) is 11.7. The van der Waals surface area contributed by atoms with Crippen LogP contribution in [0.1, 0.15) is 29.3 Å². The number of amides is 1. The molecule has 4 aromatic rings. The van der Waals surface area contributed by atoms with Crippen molar-refractivity contribution in [3.63, 3.8) is 0 Å². The molecule has 2 heterocycles. The number of aromatic nitrogens is 2. The minimum atomic E-state index is -0.723. The molecule has 0 spiro atoms. The fourth-order valence-corrected chi connectivity index (χ4v) is 4.81. The number of benzene rings is 3. The molecule has 0 unspecified atom stereocenters. The second kappa shape index (κ2) is 9.31. The van der Waals surface area contributed by atoms with Gasteiger partial charge in [-0.25, -0.2) is 4.98 Å². The van der Waals surface area contributed by atoms with Gasteiger partial charge in [-0.1, -0.05) is 36.4 Å². The van der Waals surface area contributed by atoms with Gasteiger partial charge in [0, 0.05) is 24.6 Å². The summed E-state index contributed by atoms with van der Waals surface area (Å²) < 4.78 is 7.95. The number of aryl methyl sites for hydroxylation is 2. The molecule has 1 aromatic heterocycles. The van der Waals surface area contributed by atoms with Crippen LogP contribution < -0.4 is 9.64 Å². The Morgan fingerprint density at radius 1 is 1.03 bits per heavy atom. The zero-order chi connectivity index (χ0) is 23.7. The van der Waals surface area contributed by atoms with Crippen LogP contribution >= 0.6 is 0 Å². The third-order valence-corrected chi connectivity index (χ3v) is 6.27. The highest BCUT2D eigenvalue weighted by Crippen LogP contribution is 2.33. The highest BCUT2D eigenvalue weighted by atomic mass is 16.5. The predicted molar refractivity (Wildman–Crippen MR) is 133 cm³/mol. The lowest BCUT2D eigenvalue weighted by Crippen LogP contribution is -2.26. The van der Waals surface area contributed by atoms with Crippen LogP contribution in [0.15, 0.2) is 72.8 Å². The Labute approximate surface area is 199 Å². The molecule has 0 bridgehead atoms. The fraction of sp³-hybridized carbons (Fsp3) is 0.286. The standard InChI is InChI=1S/C28H29N3O3/c1-19-12-20(2)14-24(13-19)34-18-23(32)17-31-26-11-7-6-10-25(26)29-28(31)21-15-27(33)30(16-21)22-8-4-3-5-9-22/h3-14,21,23,32H,15-18H2,1-2H3/t21-,23+/m1/s1. The maximum Gasteiger partial charge on any atom is 0.227 e. The smallest absolute Gasteiger partial charge is 0.227 e. The molecule has 2 atom stereocenters. The second-order valence-corrected chi connectivity index (χ2v) is 9.10. The lowest BCUT2D eigenvalue weighted by atomic mass is 10.1. The lowest BCUT2D eigenvalue weighted by Gasteiger charge is -2.19. The molecule has 0 radical (unpaired) electrons. The Bertz CT molecular complexity index is 1290. The van der Waals surface area contributed by atoms with Crippen molar-refractivity contribution in [3.05, 3.63) is 89.7 Å². The van der Waals surface area contributed by atoms with Crippen LogP contribution in [-0.4, -0.2) is 39.8 Å². The Morgan fingerprint density at radius 3 is 2.50 bits per heavy atom. The highest BCUT2D eigenvalue weighted by molar-refractivity contribution is 5.96. The number of carbonyl (C=O) groups excluding carboxylic acids is 1. The van der Waals surface area contributed by atoms with Crippen LogP contribution in [0.5, 0.6) is 5.75 Å². The summed E-state index contributed by atoms with van der Waals surface area (Å²) in [6, 6.07) is 23.7. The summed E-state index contributed by atoms with van der Waals surface area (Å²) in [5.41, 5.74) is 4.97. The topological polar surface area (TPSA) is 67.6 Å². The van der Waals surface area contributed by atoms with E-state index in [0.717, 1.165) is 39.4 Å². The monoisotopic (exact) mass is 455 g/mol. The molecule has 5 rings (SSSR count). The van der Waals surface area contributed by atoms with Gasteiger partial charge in [0.05, 0.1) is 17.6 Å². The molecule has 3 aromatic carbocycles. The first-order chi connectivity index (χ1) is 16.5. The van der Waals surface area contributed by atoms with Crippen LogP contribution in [0, 0.1) is 13.8 Å². The van der Waals surface area contributed by atoms with E-state index in [1.807, 2.05) is 85.5 Å². The second-order valence-electron chi connectivity index (χ2n) is 9.10. The van der Waals surface area contributed by atoms with Crippen molar-refractivity contribution < 1.29 is 14.6 Å². The Kier molecular flexibility index (Phi) is 6.07. The van der Waals surface area contributed by atoms with Crippen molar-refractivity contribution in [2.75, 3.05) is 18.1 Å². The van der Waals surface area contributed by atoms with Crippen molar-refractivity contribution in [2.45, 2.75) is 38.8 Å². The zero-order valence-corrected chi connectivity index (χ0v) is 19.5. The molecule has 1 fully saturated rings. The third-order valence-electron chi connectivity index (χ3n) is 6.27. The van der Waals surface area contributed by atoms with Gasteiger partial charge in [0.15, 0.2) is 0 Å². The number of fused-ring (bicyclic) bond motifs is 1. The van der Waals surface area contributed by atoms with E-state index >= 15 is 0 Å². The first-order valence-corrected chi connectivity index (χ1v) is 11.7. The molecular weight excluding hydrogens is 426 g/mol. The van der Waals surface area contributed by atoms with E-state index in [1.54, 1.807) is 0 Å². The first kappa shape index (κ1) is 22.2. The Hall–Kier alpha value is -3.64. The number of aliphatic hydroxyl groups excluding tert-OH is 1. The minimum Gasteiger partial charge on any atom is -0.491 e. The average molecular weight is 456 g/mol. The molecule has 6 heteroatoms. The van der Waals surface area contributed by atoms with E-state index < -0.39 is 6.10 Å². The zero-order valence-electron chi connectivity index (χ0n) is 19.5. The van der Waals surface area contributed by atoms with E-state index in [1.165, 1.54) is 0 Å². The van der Waals surface area contributed by atoms with Gasteiger partial charge in [-0.2, -0.15) is 0 Å². The largest absolute Gasteiger partial charge is 0.491 e. The Balaban J connectivity index is 1.37. The fourth-order valence-electron chi connectivity index (χ4n) is 4.81. The van der Waals surface area contributed by atoms with Crippen LogP contribution in [0.3, 0.4) is 0 Å². The predicted octanol–water partition coefficient (Wildman–Crippen LogP) is 4.61.